The molecule has 0 spiro atoms. The zero-order chi connectivity index (χ0) is 23.7. The minimum atomic E-state index is -0.412. The molecule has 0 atom stereocenters. The summed E-state index contributed by atoms with van der Waals surface area (Å²) in [7, 11) is 0. The Morgan fingerprint density at radius 2 is 1.79 bits per heavy atom. The van der Waals surface area contributed by atoms with Gasteiger partial charge in [-0.15, -0.1) is 0 Å². The number of aromatic nitrogens is 3. The van der Waals surface area contributed by atoms with E-state index in [0.717, 1.165) is 26.9 Å². The first kappa shape index (κ1) is 21.6. The van der Waals surface area contributed by atoms with E-state index in [2.05, 4.69) is 16.5 Å². The van der Waals surface area contributed by atoms with Crippen molar-refractivity contribution in [2.75, 3.05) is 0 Å². The lowest BCUT2D eigenvalue weighted by atomic mass is 10.1. The van der Waals surface area contributed by atoms with Crippen LogP contribution < -0.4 is 10.9 Å². The molecule has 0 saturated heterocycles. The molecule has 2 aliphatic rings. The van der Waals surface area contributed by atoms with Crippen LogP contribution in [-0.2, 0) is 24.4 Å². The van der Waals surface area contributed by atoms with Gasteiger partial charge in [-0.05, 0) is 36.2 Å². The Labute approximate surface area is 195 Å². The average molecular weight is 455 g/mol. The van der Waals surface area contributed by atoms with E-state index in [0.29, 0.717) is 29.7 Å². The van der Waals surface area contributed by atoms with Crippen molar-refractivity contribution in [2.24, 2.45) is 0 Å². The molecule has 0 unspecified atom stereocenters. The highest BCUT2D eigenvalue weighted by atomic mass is 19.1. The fraction of sp³-hybridized carbons (Fsp3) is 0.148. The summed E-state index contributed by atoms with van der Waals surface area (Å²) in [6.07, 6.45) is 1.74. The van der Waals surface area contributed by atoms with Gasteiger partial charge in [0.1, 0.15) is 18.1 Å². The Morgan fingerprint density at radius 3 is 2.59 bits per heavy atom. The predicted octanol–water partition coefficient (Wildman–Crippen LogP) is 4.12. The highest BCUT2D eigenvalue weighted by Gasteiger charge is 2.21. The maximum Gasteiger partial charge on any atom is 0.278 e. The monoisotopic (exact) mass is 454 g/mol. The highest BCUT2D eigenvalue weighted by molar-refractivity contribution is 5.93. The van der Waals surface area contributed by atoms with Gasteiger partial charge in [0.15, 0.2) is 0 Å². The summed E-state index contributed by atoms with van der Waals surface area (Å²) in [6.45, 7) is 2.68. The van der Waals surface area contributed by atoms with Gasteiger partial charge in [0.05, 0.1) is 11.1 Å². The van der Waals surface area contributed by atoms with Gasteiger partial charge in [-0.25, -0.2) is 9.07 Å². The molecule has 7 heteroatoms. The fourth-order valence-corrected chi connectivity index (χ4v) is 4.18. The van der Waals surface area contributed by atoms with Crippen LogP contribution in [0.25, 0.3) is 22.2 Å². The van der Waals surface area contributed by atoms with Gasteiger partial charge < -0.3 is 9.88 Å². The largest absolute Gasteiger partial charge is 0.350 e. The average Bonchev–Trinajstić information content (AvgIpc) is 3.14. The third-order valence-corrected chi connectivity index (χ3v) is 5.81. The molecule has 2 aliphatic heterocycles. The van der Waals surface area contributed by atoms with E-state index in [-0.39, 0.29) is 18.0 Å². The van der Waals surface area contributed by atoms with Crippen molar-refractivity contribution in [3.05, 3.63) is 112 Å². The SMILES string of the molecule is Cc1cccc(Cn2cc3c(=O)n(CC(=O)NCc4ccccc4)nc-3c3cc(F)ccc32)c1. The molecular weight excluding hydrogens is 431 g/mol. The lowest BCUT2D eigenvalue weighted by Crippen LogP contribution is -2.31. The Bertz CT molecular complexity index is 1520. The Hall–Kier alpha value is -4.26. The summed E-state index contributed by atoms with van der Waals surface area (Å²) in [5, 5.41) is 7.75. The molecule has 1 N–H and O–H groups in total. The summed E-state index contributed by atoms with van der Waals surface area (Å²) < 4.78 is 17.2. The quantitative estimate of drug-likeness (QED) is 0.420. The molecule has 170 valence electrons. The molecule has 0 aromatic heterocycles. The summed E-state index contributed by atoms with van der Waals surface area (Å²) in [5.74, 6) is -0.735. The van der Waals surface area contributed by atoms with Gasteiger partial charge in [0, 0.05) is 24.7 Å². The zero-order valence-electron chi connectivity index (χ0n) is 18.7. The van der Waals surface area contributed by atoms with Gasteiger partial charge in [0.2, 0.25) is 5.91 Å². The number of rotatable bonds is 6. The number of amides is 1. The number of carbonyl (C=O) groups excluding carboxylic acids is 1. The van der Waals surface area contributed by atoms with Gasteiger partial charge >= 0.3 is 0 Å². The predicted molar refractivity (Wildman–Crippen MR) is 129 cm³/mol. The molecule has 0 fully saturated rings. The number of pyridine rings is 1. The van der Waals surface area contributed by atoms with Gasteiger partial charge in [0.25, 0.3) is 5.56 Å². The van der Waals surface area contributed by atoms with Gasteiger partial charge in [-0.1, -0.05) is 60.2 Å². The Morgan fingerprint density at radius 1 is 1.00 bits per heavy atom. The van der Waals surface area contributed by atoms with Gasteiger partial charge in [-0.3, -0.25) is 9.59 Å². The smallest absolute Gasteiger partial charge is 0.278 e. The zero-order valence-corrected chi connectivity index (χ0v) is 18.7. The molecule has 0 bridgehead atoms. The van der Waals surface area contributed by atoms with Crippen LogP contribution in [0.4, 0.5) is 4.39 Å². The molecule has 0 radical (unpaired) electrons. The highest BCUT2D eigenvalue weighted by Crippen LogP contribution is 2.28. The number of nitrogens with one attached hydrogen (secondary N) is 1. The number of nitrogens with zero attached hydrogens (tertiary/aromatic N) is 3. The standard InChI is InChI=1S/C27H23FN4O2/c1-18-6-5-9-20(12-18)15-31-16-23-26(22-13-21(28)10-11-24(22)31)30-32(27(23)34)17-25(33)29-14-19-7-3-2-4-8-19/h2-13,16H,14-15,17H2,1H3,(H,29,33). The van der Waals surface area contributed by atoms with Crippen LogP contribution in [0, 0.1) is 12.7 Å². The van der Waals surface area contributed by atoms with E-state index in [1.165, 1.54) is 12.1 Å². The van der Waals surface area contributed by atoms with E-state index in [1.807, 2.05) is 60.0 Å². The summed E-state index contributed by atoms with van der Waals surface area (Å²) in [4.78, 5) is 25.6. The normalized spacial score (nSPS) is 11.2. The number of hydrogen-bond donors (Lipinski definition) is 1. The van der Waals surface area contributed by atoms with Crippen LogP contribution in [0.3, 0.4) is 0 Å². The second kappa shape index (κ2) is 8.94. The minimum Gasteiger partial charge on any atom is -0.350 e. The topological polar surface area (TPSA) is 68.9 Å². The van der Waals surface area contributed by atoms with Crippen LogP contribution in [0.15, 0.2) is 83.8 Å². The maximum atomic E-state index is 14.2. The first-order valence-corrected chi connectivity index (χ1v) is 11.0. The molecule has 2 heterocycles. The minimum absolute atomic E-state index is 0.213. The van der Waals surface area contributed by atoms with Crippen LogP contribution in [0.2, 0.25) is 0 Å². The fourth-order valence-electron chi connectivity index (χ4n) is 4.18. The van der Waals surface area contributed by atoms with Crippen molar-refractivity contribution in [1.82, 2.24) is 19.7 Å². The van der Waals surface area contributed by atoms with Crippen molar-refractivity contribution >= 4 is 16.8 Å². The lowest BCUT2D eigenvalue weighted by Gasteiger charge is -2.14. The van der Waals surface area contributed by atoms with Crippen molar-refractivity contribution in [3.8, 4) is 11.3 Å². The Kier molecular flexibility index (Phi) is 5.67. The number of hydrogen-bond acceptors (Lipinski definition) is 3. The third kappa shape index (κ3) is 4.32. The molecular formula is C27H23FN4O2. The van der Waals surface area contributed by atoms with Crippen LogP contribution in [0.1, 0.15) is 16.7 Å². The third-order valence-electron chi connectivity index (χ3n) is 5.81. The number of aryl methyl sites for hydroxylation is 1. The summed E-state index contributed by atoms with van der Waals surface area (Å²) >= 11 is 0. The number of benzene rings is 3. The van der Waals surface area contributed by atoms with E-state index < -0.39 is 5.82 Å². The molecule has 0 saturated carbocycles. The number of fused-ring (bicyclic) bond motifs is 3. The summed E-state index contributed by atoms with van der Waals surface area (Å²) in [6, 6.07) is 22.1. The van der Waals surface area contributed by atoms with E-state index >= 15 is 0 Å². The maximum absolute atomic E-state index is 14.2. The summed E-state index contributed by atoms with van der Waals surface area (Å²) in [5.41, 5.74) is 4.27. The lowest BCUT2D eigenvalue weighted by molar-refractivity contribution is -0.122. The van der Waals surface area contributed by atoms with Gasteiger partial charge in [-0.2, -0.15) is 5.10 Å². The molecule has 1 amide bonds. The second-order valence-corrected chi connectivity index (χ2v) is 8.39. The Balaban J connectivity index is 1.51. The molecule has 5 rings (SSSR count). The van der Waals surface area contributed by atoms with E-state index in [4.69, 9.17) is 0 Å². The molecule has 3 aromatic carbocycles. The van der Waals surface area contributed by atoms with E-state index in [9.17, 15) is 14.0 Å². The second-order valence-electron chi connectivity index (χ2n) is 8.39. The van der Waals surface area contributed by atoms with Crippen molar-refractivity contribution < 1.29 is 9.18 Å². The number of halogens is 1. The first-order valence-electron chi connectivity index (χ1n) is 11.0. The van der Waals surface area contributed by atoms with E-state index in [1.54, 1.807) is 12.3 Å². The number of carbonyl (C=O) groups is 1. The first-order chi connectivity index (χ1) is 16.5. The van der Waals surface area contributed by atoms with Crippen molar-refractivity contribution in [1.29, 1.82) is 0 Å². The van der Waals surface area contributed by atoms with Crippen molar-refractivity contribution in [2.45, 2.75) is 26.6 Å². The van der Waals surface area contributed by atoms with Crippen LogP contribution >= 0.6 is 0 Å². The molecule has 0 aliphatic carbocycles. The van der Waals surface area contributed by atoms with Crippen LogP contribution in [0.5, 0.6) is 0 Å². The molecule has 34 heavy (non-hydrogen) atoms. The molecule has 3 aromatic rings. The van der Waals surface area contributed by atoms with Crippen molar-refractivity contribution in [3.63, 3.8) is 0 Å². The molecule has 6 nitrogen and oxygen atoms in total. The van der Waals surface area contributed by atoms with Crippen LogP contribution in [-0.4, -0.2) is 20.3 Å².